The van der Waals surface area contributed by atoms with Gasteiger partial charge in [-0.05, 0) is 55.3 Å². The van der Waals surface area contributed by atoms with Gasteiger partial charge in [0.25, 0.3) is 0 Å². The van der Waals surface area contributed by atoms with Crippen molar-refractivity contribution >= 4 is 50.3 Å². The van der Waals surface area contributed by atoms with Gasteiger partial charge >= 0.3 is 5.97 Å². The van der Waals surface area contributed by atoms with E-state index in [1.54, 1.807) is 31.2 Å². The number of hydrogen-bond donors (Lipinski definition) is 2. The number of nitrogens with zero attached hydrogens (tertiary/aromatic N) is 1. The van der Waals surface area contributed by atoms with Crippen molar-refractivity contribution in [2.24, 2.45) is 0 Å². The van der Waals surface area contributed by atoms with E-state index in [0.29, 0.717) is 32.4 Å². The zero-order chi connectivity index (χ0) is 17.1. The minimum absolute atomic E-state index is 0.334. The SMILES string of the molecule is CCOC(=O)c1ccc(NSc2cc(F)cc3sc(N)nc23)cc1. The quantitative estimate of drug-likeness (QED) is 0.519. The molecule has 1 aromatic heterocycles. The van der Waals surface area contributed by atoms with Crippen LogP contribution in [0.15, 0.2) is 41.3 Å². The molecule has 0 bridgehead atoms. The Kier molecular flexibility index (Phi) is 4.86. The monoisotopic (exact) mass is 363 g/mol. The van der Waals surface area contributed by atoms with E-state index in [0.717, 1.165) is 5.69 Å². The molecule has 0 atom stereocenters. The molecule has 0 aliphatic carbocycles. The lowest BCUT2D eigenvalue weighted by Crippen LogP contribution is -2.04. The number of carbonyl (C=O) groups excluding carboxylic acids is 1. The van der Waals surface area contributed by atoms with Crippen LogP contribution in [0.3, 0.4) is 0 Å². The zero-order valence-electron chi connectivity index (χ0n) is 12.7. The number of aromatic nitrogens is 1. The van der Waals surface area contributed by atoms with Crippen molar-refractivity contribution in [2.45, 2.75) is 11.8 Å². The van der Waals surface area contributed by atoms with Gasteiger partial charge in [0.15, 0.2) is 5.13 Å². The molecule has 3 N–H and O–H groups in total. The summed E-state index contributed by atoms with van der Waals surface area (Å²) in [5, 5.41) is 0.399. The van der Waals surface area contributed by atoms with E-state index in [1.165, 1.54) is 35.4 Å². The third kappa shape index (κ3) is 3.60. The van der Waals surface area contributed by atoms with Crippen LogP contribution in [0.4, 0.5) is 15.2 Å². The maximum Gasteiger partial charge on any atom is 0.338 e. The minimum Gasteiger partial charge on any atom is -0.462 e. The van der Waals surface area contributed by atoms with E-state index >= 15 is 0 Å². The van der Waals surface area contributed by atoms with Gasteiger partial charge in [0, 0.05) is 5.69 Å². The predicted octanol–water partition coefficient (Wildman–Crippen LogP) is 4.31. The molecule has 0 amide bonds. The first kappa shape index (κ1) is 16.5. The van der Waals surface area contributed by atoms with Crippen molar-refractivity contribution in [3.8, 4) is 0 Å². The highest BCUT2D eigenvalue weighted by Gasteiger charge is 2.11. The lowest BCUT2D eigenvalue weighted by Gasteiger charge is -2.07. The summed E-state index contributed by atoms with van der Waals surface area (Å²) in [7, 11) is 0. The molecule has 3 rings (SSSR count). The van der Waals surface area contributed by atoms with Crippen LogP contribution in [0.2, 0.25) is 0 Å². The molecule has 0 aliphatic heterocycles. The van der Waals surface area contributed by atoms with Crippen molar-refractivity contribution in [2.75, 3.05) is 17.1 Å². The Morgan fingerprint density at radius 3 is 2.83 bits per heavy atom. The lowest BCUT2D eigenvalue weighted by atomic mass is 10.2. The van der Waals surface area contributed by atoms with Crippen molar-refractivity contribution in [1.29, 1.82) is 0 Å². The maximum atomic E-state index is 13.7. The van der Waals surface area contributed by atoms with Gasteiger partial charge in [0.1, 0.15) is 5.82 Å². The Hall–Kier alpha value is -2.32. The number of benzene rings is 2. The number of anilines is 2. The van der Waals surface area contributed by atoms with Crippen LogP contribution in [0.5, 0.6) is 0 Å². The van der Waals surface area contributed by atoms with Gasteiger partial charge in [0.2, 0.25) is 0 Å². The average molecular weight is 363 g/mol. The largest absolute Gasteiger partial charge is 0.462 e. The molecule has 2 aromatic carbocycles. The maximum absolute atomic E-state index is 13.7. The van der Waals surface area contributed by atoms with Crippen LogP contribution in [0, 0.1) is 5.82 Å². The highest BCUT2D eigenvalue weighted by Crippen LogP contribution is 2.33. The Morgan fingerprint density at radius 1 is 1.38 bits per heavy atom. The van der Waals surface area contributed by atoms with E-state index in [1.807, 2.05) is 0 Å². The number of ether oxygens (including phenoxy) is 1. The van der Waals surface area contributed by atoms with Crippen LogP contribution in [0.1, 0.15) is 17.3 Å². The Labute approximate surface area is 146 Å². The molecule has 0 fully saturated rings. The van der Waals surface area contributed by atoms with Gasteiger partial charge in [0.05, 0.1) is 27.3 Å². The zero-order valence-corrected chi connectivity index (χ0v) is 14.3. The summed E-state index contributed by atoms with van der Waals surface area (Å²) in [6.07, 6.45) is 0. The van der Waals surface area contributed by atoms with Crippen molar-refractivity contribution in [3.05, 3.63) is 47.8 Å². The van der Waals surface area contributed by atoms with E-state index in [9.17, 15) is 9.18 Å². The average Bonchev–Trinajstić information content (AvgIpc) is 2.93. The molecule has 8 heteroatoms. The van der Waals surface area contributed by atoms with E-state index in [-0.39, 0.29) is 11.8 Å². The molecule has 1 heterocycles. The van der Waals surface area contributed by atoms with Gasteiger partial charge in [-0.1, -0.05) is 11.3 Å². The van der Waals surface area contributed by atoms with Crippen LogP contribution in [-0.4, -0.2) is 17.6 Å². The van der Waals surface area contributed by atoms with Crippen molar-refractivity contribution < 1.29 is 13.9 Å². The van der Waals surface area contributed by atoms with Gasteiger partial charge in [-0.15, -0.1) is 0 Å². The Balaban J connectivity index is 1.75. The van der Waals surface area contributed by atoms with E-state index < -0.39 is 0 Å². The molecule has 3 aromatic rings. The third-order valence-corrected chi connectivity index (χ3v) is 4.82. The molecule has 0 saturated carbocycles. The fourth-order valence-electron chi connectivity index (χ4n) is 2.06. The number of nitrogens with two attached hydrogens (primary N) is 1. The number of esters is 1. The number of thiazole rings is 1. The molecule has 0 spiro atoms. The standard InChI is InChI=1S/C16H14FN3O2S2/c1-2-22-15(21)9-3-5-11(6-4-9)20-24-13-8-10(17)7-12-14(13)19-16(18)23-12/h3-8,20H,2H2,1H3,(H2,18,19). The first-order valence-electron chi connectivity index (χ1n) is 7.12. The van der Waals surface area contributed by atoms with Gasteiger partial charge in [-0.25, -0.2) is 14.2 Å². The lowest BCUT2D eigenvalue weighted by molar-refractivity contribution is 0.0526. The summed E-state index contributed by atoms with van der Waals surface area (Å²) in [6, 6.07) is 9.68. The minimum atomic E-state index is -0.360. The molecule has 0 saturated heterocycles. The number of nitrogen functional groups attached to an aromatic ring is 1. The first-order chi connectivity index (χ1) is 11.6. The summed E-state index contributed by atoms with van der Waals surface area (Å²) in [5.74, 6) is -0.699. The predicted molar refractivity (Wildman–Crippen MR) is 95.9 cm³/mol. The molecule has 5 nitrogen and oxygen atoms in total. The Morgan fingerprint density at radius 2 is 2.12 bits per heavy atom. The third-order valence-electron chi connectivity index (χ3n) is 3.12. The van der Waals surface area contributed by atoms with Crippen LogP contribution < -0.4 is 10.5 Å². The molecular formula is C16H14FN3O2S2. The van der Waals surface area contributed by atoms with E-state index in [2.05, 4.69) is 9.71 Å². The van der Waals surface area contributed by atoms with Crippen LogP contribution in [0.25, 0.3) is 10.2 Å². The smallest absolute Gasteiger partial charge is 0.338 e. The summed E-state index contributed by atoms with van der Waals surface area (Å²) in [6.45, 7) is 2.09. The van der Waals surface area contributed by atoms with Crippen molar-refractivity contribution in [1.82, 2.24) is 4.98 Å². The Bertz CT molecular complexity index is 881. The molecular weight excluding hydrogens is 349 g/mol. The number of hydrogen-bond acceptors (Lipinski definition) is 7. The normalized spacial score (nSPS) is 10.8. The number of nitrogens with one attached hydrogen (secondary N) is 1. The second kappa shape index (κ2) is 7.06. The van der Waals surface area contributed by atoms with Gasteiger partial charge in [-0.2, -0.15) is 0 Å². The highest BCUT2D eigenvalue weighted by molar-refractivity contribution is 8.00. The second-order valence-electron chi connectivity index (χ2n) is 4.80. The molecule has 0 radical (unpaired) electrons. The van der Waals surface area contributed by atoms with Crippen LogP contribution >= 0.6 is 23.3 Å². The number of rotatable bonds is 5. The summed E-state index contributed by atoms with van der Waals surface area (Å²) < 4.78 is 22.4. The van der Waals surface area contributed by atoms with Crippen LogP contribution in [-0.2, 0) is 4.74 Å². The molecule has 24 heavy (non-hydrogen) atoms. The summed E-state index contributed by atoms with van der Waals surface area (Å²) >= 11 is 2.48. The molecule has 0 unspecified atom stereocenters. The fourth-order valence-corrected chi connectivity index (χ4v) is 3.70. The highest BCUT2D eigenvalue weighted by atomic mass is 32.2. The second-order valence-corrected chi connectivity index (χ2v) is 6.72. The topological polar surface area (TPSA) is 77.2 Å². The van der Waals surface area contributed by atoms with Crippen molar-refractivity contribution in [3.63, 3.8) is 0 Å². The molecule has 124 valence electrons. The van der Waals surface area contributed by atoms with Gasteiger partial charge in [-0.3, -0.25) is 0 Å². The first-order valence-corrected chi connectivity index (χ1v) is 8.75. The number of carbonyl (C=O) groups is 1. The number of halogens is 1. The number of fused-ring (bicyclic) bond motifs is 1. The summed E-state index contributed by atoms with van der Waals surface area (Å²) in [5.41, 5.74) is 7.62. The summed E-state index contributed by atoms with van der Waals surface area (Å²) in [4.78, 5) is 16.5. The molecule has 0 aliphatic rings. The van der Waals surface area contributed by atoms with Gasteiger partial charge < -0.3 is 15.2 Å². The fraction of sp³-hybridized carbons (Fsp3) is 0.125. The van der Waals surface area contributed by atoms with E-state index in [4.69, 9.17) is 10.5 Å².